The number of carbonyl (C=O) groups is 1. The monoisotopic (exact) mass is 278 g/mol. The highest BCUT2D eigenvalue weighted by molar-refractivity contribution is 5.68. The Hall–Kier alpha value is -1.51. The van der Waals surface area contributed by atoms with E-state index in [1.165, 1.54) is 22.3 Å². The fraction of sp³-hybridized carbons (Fsp3) is 0.588. The maximum Gasteiger partial charge on any atom is 0.341 e. The van der Waals surface area contributed by atoms with Gasteiger partial charge in [0.1, 0.15) is 5.75 Å². The highest BCUT2D eigenvalue weighted by Gasteiger charge is 2.19. The van der Waals surface area contributed by atoms with Crippen molar-refractivity contribution in [2.45, 2.75) is 59.8 Å². The van der Waals surface area contributed by atoms with Crippen molar-refractivity contribution in [3.8, 4) is 5.75 Å². The molecule has 1 N–H and O–H groups in total. The van der Waals surface area contributed by atoms with Gasteiger partial charge in [-0.1, -0.05) is 34.6 Å². The number of carboxylic acid groups (broad SMARTS) is 1. The van der Waals surface area contributed by atoms with Gasteiger partial charge < -0.3 is 9.84 Å². The number of benzene rings is 1. The number of rotatable bonds is 7. The van der Waals surface area contributed by atoms with Crippen LogP contribution in [0.3, 0.4) is 0 Å². The molecular weight excluding hydrogens is 252 g/mol. The lowest BCUT2D eigenvalue weighted by molar-refractivity contribution is -0.139. The normalized spacial score (nSPS) is 10.9. The first-order valence-corrected chi connectivity index (χ1v) is 7.48. The van der Waals surface area contributed by atoms with Gasteiger partial charge in [-0.05, 0) is 47.9 Å². The molecule has 0 saturated heterocycles. The highest BCUT2D eigenvalue weighted by atomic mass is 16.5. The van der Waals surface area contributed by atoms with Crippen molar-refractivity contribution in [2.75, 3.05) is 6.61 Å². The second-order valence-electron chi connectivity index (χ2n) is 5.30. The van der Waals surface area contributed by atoms with Gasteiger partial charge in [0.25, 0.3) is 0 Å². The van der Waals surface area contributed by atoms with E-state index >= 15 is 0 Å². The van der Waals surface area contributed by atoms with Crippen molar-refractivity contribution >= 4 is 5.97 Å². The molecular formula is C17H26O3. The number of hydrogen-bond acceptors (Lipinski definition) is 2. The van der Waals surface area contributed by atoms with Crippen molar-refractivity contribution in [3.05, 3.63) is 28.3 Å². The summed E-state index contributed by atoms with van der Waals surface area (Å²) in [6.45, 7) is 10.4. The SMILES string of the molecule is CCc1cc(OCC(=O)O)c(C(C)C)c(CC)c1CC. The van der Waals surface area contributed by atoms with Crippen LogP contribution in [0.2, 0.25) is 0 Å². The van der Waals surface area contributed by atoms with Crippen molar-refractivity contribution in [3.63, 3.8) is 0 Å². The third kappa shape index (κ3) is 3.53. The van der Waals surface area contributed by atoms with Crippen LogP contribution in [0, 0.1) is 0 Å². The minimum atomic E-state index is -0.935. The van der Waals surface area contributed by atoms with E-state index in [2.05, 4.69) is 34.6 Å². The van der Waals surface area contributed by atoms with Crippen LogP contribution in [0.25, 0.3) is 0 Å². The van der Waals surface area contributed by atoms with Crippen LogP contribution >= 0.6 is 0 Å². The van der Waals surface area contributed by atoms with Gasteiger partial charge in [0, 0.05) is 5.56 Å². The van der Waals surface area contributed by atoms with Gasteiger partial charge in [-0.2, -0.15) is 0 Å². The maximum absolute atomic E-state index is 10.8. The molecule has 0 spiro atoms. The molecule has 0 radical (unpaired) electrons. The van der Waals surface area contributed by atoms with Crippen molar-refractivity contribution < 1.29 is 14.6 Å². The lowest BCUT2D eigenvalue weighted by atomic mass is 9.86. The molecule has 112 valence electrons. The van der Waals surface area contributed by atoms with E-state index in [0.29, 0.717) is 5.92 Å². The molecule has 0 aliphatic carbocycles. The van der Waals surface area contributed by atoms with Gasteiger partial charge in [0.2, 0.25) is 0 Å². The van der Waals surface area contributed by atoms with Gasteiger partial charge in [0.05, 0.1) is 0 Å². The first kappa shape index (κ1) is 16.5. The molecule has 0 amide bonds. The maximum atomic E-state index is 10.8. The van der Waals surface area contributed by atoms with Crippen molar-refractivity contribution in [2.24, 2.45) is 0 Å². The first-order valence-electron chi connectivity index (χ1n) is 7.48. The van der Waals surface area contributed by atoms with E-state index in [-0.39, 0.29) is 6.61 Å². The molecule has 20 heavy (non-hydrogen) atoms. The van der Waals surface area contributed by atoms with E-state index in [4.69, 9.17) is 9.84 Å². The van der Waals surface area contributed by atoms with Gasteiger partial charge in [-0.25, -0.2) is 4.79 Å². The summed E-state index contributed by atoms with van der Waals surface area (Å²) in [7, 11) is 0. The summed E-state index contributed by atoms with van der Waals surface area (Å²) in [6.07, 6.45) is 2.90. The minimum Gasteiger partial charge on any atom is -0.482 e. The van der Waals surface area contributed by atoms with E-state index in [9.17, 15) is 4.79 Å². The summed E-state index contributed by atoms with van der Waals surface area (Å²) in [4.78, 5) is 10.8. The largest absolute Gasteiger partial charge is 0.482 e. The quantitative estimate of drug-likeness (QED) is 0.821. The van der Waals surface area contributed by atoms with Crippen LogP contribution < -0.4 is 4.74 Å². The van der Waals surface area contributed by atoms with Crippen LogP contribution in [0.15, 0.2) is 6.07 Å². The molecule has 0 fully saturated rings. The standard InChI is InChI=1S/C17H26O3/c1-6-12-9-15(20-10-16(18)19)17(11(4)5)14(8-3)13(12)7-2/h9,11H,6-8,10H2,1-5H3,(H,18,19). The van der Waals surface area contributed by atoms with E-state index in [1.54, 1.807) is 0 Å². The van der Waals surface area contributed by atoms with E-state index in [0.717, 1.165) is 25.0 Å². The Morgan fingerprint density at radius 2 is 1.75 bits per heavy atom. The highest BCUT2D eigenvalue weighted by Crippen LogP contribution is 2.35. The molecule has 0 heterocycles. The molecule has 0 aliphatic rings. The molecule has 0 aliphatic heterocycles. The Labute approximate surface area is 122 Å². The molecule has 1 aromatic rings. The van der Waals surface area contributed by atoms with Crippen LogP contribution in [0.5, 0.6) is 5.75 Å². The summed E-state index contributed by atoms with van der Waals surface area (Å²) in [5, 5.41) is 8.83. The predicted octanol–water partition coefficient (Wildman–Crippen LogP) is 3.96. The fourth-order valence-electron chi connectivity index (χ4n) is 2.88. The Morgan fingerprint density at radius 3 is 2.15 bits per heavy atom. The number of aryl methyl sites for hydroxylation is 1. The molecule has 3 nitrogen and oxygen atoms in total. The van der Waals surface area contributed by atoms with E-state index in [1.807, 2.05) is 6.07 Å². The zero-order chi connectivity index (χ0) is 15.3. The second-order valence-corrected chi connectivity index (χ2v) is 5.30. The topological polar surface area (TPSA) is 46.5 Å². The molecule has 0 unspecified atom stereocenters. The minimum absolute atomic E-state index is 0.280. The molecule has 0 bridgehead atoms. The Kier molecular flexibility index (Phi) is 6.05. The predicted molar refractivity (Wildman–Crippen MR) is 81.8 cm³/mol. The van der Waals surface area contributed by atoms with E-state index < -0.39 is 5.97 Å². The fourth-order valence-corrected chi connectivity index (χ4v) is 2.88. The second kappa shape index (κ2) is 7.32. The summed E-state index contributed by atoms with van der Waals surface area (Å²) in [5.74, 6) is 0.133. The zero-order valence-corrected chi connectivity index (χ0v) is 13.2. The Morgan fingerprint density at radius 1 is 1.15 bits per heavy atom. The summed E-state index contributed by atoms with van der Waals surface area (Å²) >= 11 is 0. The average Bonchev–Trinajstić information content (AvgIpc) is 2.42. The van der Waals surface area contributed by atoms with Crippen LogP contribution in [0.4, 0.5) is 0 Å². The first-order chi connectivity index (χ1) is 9.46. The Bertz CT molecular complexity index is 476. The molecule has 3 heteroatoms. The lowest BCUT2D eigenvalue weighted by Gasteiger charge is -2.23. The average molecular weight is 278 g/mol. The Balaban J connectivity index is 3.43. The van der Waals surface area contributed by atoms with Gasteiger partial charge >= 0.3 is 5.97 Å². The number of carboxylic acids is 1. The third-order valence-electron chi connectivity index (χ3n) is 3.66. The van der Waals surface area contributed by atoms with Crippen LogP contribution in [0.1, 0.15) is 62.8 Å². The molecule has 1 aromatic carbocycles. The van der Waals surface area contributed by atoms with Crippen LogP contribution in [-0.4, -0.2) is 17.7 Å². The van der Waals surface area contributed by atoms with Crippen LogP contribution in [-0.2, 0) is 24.1 Å². The summed E-state index contributed by atoms with van der Waals surface area (Å²) in [5.41, 5.74) is 5.18. The third-order valence-corrected chi connectivity index (χ3v) is 3.66. The molecule has 0 aromatic heterocycles. The number of aliphatic carboxylic acids is 1. The number of ether oxygens (including phenoxy) is 1. The molecule has 0 saturated carbocycles. The van der Waals surface area contributed by atoms with Crippen molar-refractivity contribution in [1.82, 2.24) is 0 Å². The molecule has 1 rings (SSSR count). The summed E-state index contributed by atoms with van der Waals surface area (Å²) in [6, 6.07) is 2.04. The van der Waals surface area contributed by atoms with Gasteiger partial charge in [-0.15, -0.1) is 0 Å². The summed E-state index contributed by atoms with van der Waals surface area (Å²) < 4.78 is 5.54. The van der Waals surface area contributed by atoms with Gasteiger partial charge in [-0.3, -0.25) is 0 Å². The smallest absolute Gasteiger partial charge is 0.341 e. The molecule has 0 atom stereocenters. The lowest BCUT2D eigenvalue weighted by Crippen LogP contribution is -2.13. The van der Waals surface area contributed by atoms with Gasteiger partial charge in [0.15, 0.2) is 6.61 Å². The van der Waals surface area contributed by atoms with Crippen molar-refractivity contribution in [1.29, 1.82) is 0 Å². The zero-order valence-electron chi connectivity index (χ0n) is 13.2. The number of hydrogen-bond donors (Lipinski definition) is 1.